The summed E-state index contributed by atoms with van der Waals surface area (Å²) in [5.41, 5.74) is 3.07. The summed E-state index contributed by atoms with van der Waals surface area (Å²) >= 11 is 5.61. The van der Waals surface area contributed by atoms with Gasteiger partial charge in [-0.25, -0.2) is 0 Å². The lowest BCUT2D eigenvalue weighted by atomic mass is 10.1. The van der Waals surface area contributed by atoms with Gasteiger partial charge in [-0.15, -0.1) is 0 Å². The minimum absolute atomic E-state index is 0.123. The van der Waals surface area contributed by atoms with Crippen molar-refractivity contribution < 1.29 is 5.21 Å². The van der Waals surface area contributed by atoms with Gasteiger partial charge in [-0.05, 0) is 31.0 Å². The molecule has 1 aromatic rings. The molecule has 0 radical (unpaired) electrons. The third kappa shape index (κ3) is 1.77. The molecule has 0 bridgehead atoms. The van der Waals surface area contributed by atoms with Crippen LogP contribution < -0.4 is 0 Å². The van der Waals surface area contributed by atoms with Gasteiger partial charge in [0.05, 0.1) is 0 Å². The second-order valence-corrected chi connectivity index (χ2v) is 3.05. The fraction of sp³-hybridized carbons (Fsp3) is 0.222. The van der Waals surface area contributed by atoms with Crippen LogP contribution >= 0.6 is 11.6 Å². The number of oxime groups is 1. The van der Waals surface area contributed by atoms with E-state index >= 15 is 0 Å². The monoisotopic (exact) mass is 183 g/mol. The van der Waals surface area contributed by atoms with Gasteiger partial charge in [-0.2, -0.15) is 0 Å². The van der Waals surface area contributed by atoms with E-state index in [4.69, 9.17) is 16.8 Å². The molecule has 1 aromatic carbocycles. The van der Waals surface area contributed by atoms with E-state index in [1.807, 2.05) is 32.0 Å². The zero-order valence-corrected chi connectivity index (χ0v) is 7.76. The fourth-order valence-electron chi connectivity index (χ4n) is 0.927. The Bertz CT molecular complexity index is 320. The molecule has 0 saturated heterocycles. The van der Waals surface area contributed by atoms with Gasteiger partial charge in [-0.3, -0.25) is 0 Å². The van der Waals surface area contributed by atoms with Crippen molar-refractivity contribution in [1.29, 1.82) is 0 Å². The topological polar surface area (TPSA) is 32.6 Å². The van der Waals surface area contributed by atoms with Crippen LogP contribution in [0.5, 0.6) is 0 Å². The van der Waals surface area contributed by atoms with E-state index in [-0.39, 0.29) is 5.17 Å². The molecule has 0 saturated carbocycles. The maximum absolute atomic E-state index is 8.40. The van der Waals surface area contributed by atoms with Gasteiger partial charge in [-0.1, -0.05) is 28.9 Å². The van der Waals surface area contributed by atoms with E-state index in [0.717, 1.165) is 11.1 Å². The molecule has 0 heterocycles. The predicted octanol–water partition coefficient (Wildman–Crippen LogP) is 2.68. The molecule has 1 N–H and O–H groups in total. The van der Waals surface area contributed by atoms with Crippen molar-refractivity contribution in [2.24, 2.45) is 5.16 Å². The fourth-order valence-corrected chi connectivity index (χ4v) is 1.05. The average Bonchev–Trinajstić information content (AvgIpc) is 2.08. The minimum atomic E-state index is 0.123. The van der Waals surface area contributed by atoms with Crippen LogP contribution in [0, 0.1) is 13.8 Å². The van der Waals surface area contributed by atoms with E-state index in [1.54, 1.807) is 0 Å². The molecule has 0 amide bonds. The van der Waals surface area contributed by atoms with E-state index in [9.17, 15) is 0 Å². The molecule has 0 atom stereocenters. The number of nitrogens with zero attached hydrogens (tertiary/aromatic N) is 1. The molecule has 3 heteroatoms. The van der Waals surface area contributed by atoms with Gasteiger partial charge in [0.15, 0.2) is 5.17 Å². The second-order valence-electron chi connectivity index (χ2n) is 2.69. The SMILES string of the molecule is Cc1ccc(/C(Cl)=N/O)cc1C. The number of rotatable bonds is 1. The third-order valence-corrected chi connectivity index (χ3v) is 2.13. The van der Waals surface area contributed by atoms with Crippen LogP contribution in [0.1, 0.15) is 16.7 Å². The molecule has 0 spiro atoms. The van der Waals surface area contributed by atoms with Gasteiger partial charge in [0.1, 0.15) is 0 Å². The van der Waals surface area contributed by atoms with Crippen LogP contribution in [0.4, 0.5) is 0 Å². The summed E-state index contributed by atoms with van der Waals surface area (Å²) in [7, 11) is 0. The molecule has 1 rings (SSSR count). The van der Waals surface area contributed by atoms with Crippen molar-refractivity contribution in [1.82, 2.24) is 0 Å². The first-order valence-corrected chi connectivity index (χ1v) is 3.98. The van der Waals surface area contributed by atoms with E-state index in [2.05, 4.69) is 5.16 Å². The number of benzene rings is 1. The number of hydrogen-bond acceptors (Lipinski definition) is 2. The van der Waals surface area contributed by atoms with Crippen LogP contribution in [0.25, 0.3) is 0 Å². The van der Waals surface area contributed by atoms with Gasteiger partial charge in [0.2, 0.25) is 0 Å². The van der Waals surface area contributed by atoms with E-state index in [1.165, 1.54) is 5.56 Å². The molecule has 12 heavy (non-hydrogen) atoms. The van der Waals surface area contributed by atoms with Crippen LogP contribution in [-0.2, 0) is 0 Å². The summed E-state index contributed by atoms with van der Waals surface area (Å²) in [5.74, 6) is 0. The molecule has 2 nitrogen and oxygen atoms in total. The molecule has 0 aromatic heterocycles. The lowest BCUT2D eigenvalue weighted by Crippen LogP contribution is -1.92. The van der Waals surface area contributed by atoms with E-state index in [0.29, 0.717) is 0 Å². The Morgan fingerprint density at radius 2 is 2.00 bits per heavy atom. The summed E-state index contributed by atoms with van der Waals surface area (Å²) in [6.07, 6.45) is 0. The summed E-state index contributed by atoms with van der Waals surface area (Å²) in [6.45, 7) is 4.00. The first-order chi connectivity index (χ1) is 5.65. The van der Waals surface area contributed by atoms with Crippen molar-refractivity contribution in [3.8, 4) is 0 Å². The molecule has 0 aliphatic heterocycles. The largest absolute Gasteiger partial charge is 0.410 e. The minimum Gasteiger partial charge on any atom is -0.410 e. The first-order valence-electron chi connectivity index (χ1n) is 3.60. The van der Waals surface area contributed by atoms with Gasteiger partial charge in [0.25, 0.3) is 0 Å². The molecule has 0 unspecified atom stereocenters. The van der Waals surface area contributed by atoms with Crippen molar-refractivity contribution in [3.05, 3.63) is 34.9 Å². The van der Waals surface area contributed by atoms with Crippen LogP contribution in [0.15, 0.2) is 23.4 Å². The molecular formula is C9H10ClNO. The van der Waals surface area contributed by atoms with Crippen molar-refractivity contribution in [2.45, 2.75) is 13.8 Å². The Kier molecular flexibility index (Phi) is 2.71. The Hall–Kier alpha value is -1.02. The maximum atomic E-state index is 8.40. The predicted molar refractivity (Wildman–Crippen MR) is 50.1 cm³/mol. The summed E-state index contributed by atoms with van der Waals surface area (Å²) < 4.78 is 0. The van der Waals surface area contributed by atoms with Gasteiger partial charge < -0.3 is 5.21 Å². The Labute approximate surface area is 76.5 Å². The summed E-state index contributed by atoms with van der Waals surface area (Å²) in [6, 6.07) is 5.65. The van der Waals surface area contributed by atoms with Crippen LogP contribution in [-0.4, -0.2) is 10.4 Å². The number of hydrogen-bond donors (Lipinski definition) is 1. The van der Waals surface area contributed by atoms with Crippen LogP contribution in [0.2, 0.25) is 0 Å². The standard InChI is InChI=1S/C9H10ClNO/c1-6-3-4-8(5-7(6)2)9(10)11-12/h3-5,12H,1-2H3/b11-9-. The second kappa shape index (κ2) is 3.59. The highest BCUT2D eigenvalue weighted by molar-refractivity contribution is 6.69. The molecule has 0 aliphatic rings. The van der Waals surface area contributed by atoms with Crippen molar-refractivity contribution in [3.63, 3.8) is 0 Å². The molecular weight excluding hydrogens is 174 g/mol. The summed E-state index contributed by atoms with van der Waals surface area (Å²) in [4.78, 5) is 0. The smallest absolute Gasteiger partial charge is 0.175 e. The first kappa shape index (κ1) is 9.07. The van der Waals surface area contributed by atoms with Crippen LogP contribution in [0.3, 0.4) is 0 Å². The highest BCUT2D eigenvalue weighted by atomic mass is 35.5. The Morgan fingerprint density at radius 1 is 1.33 bits per heavy atom. The molecule has 0 fully saturated rings. The lowest BCUT2D eigenvalue weighted by molar-refractivity contribution is 0.321. The highest BCUT2D eigenvalue weighted by Gasteiger charge is 2.00. The zero-order chi connectivity index (χ0) is 9.14. The summed E-state index contributed by atoms with van der Waals surface area (Å²) in [5, 5.41) is 11.4. The molecule has 64 valence electrons. The maximum Gasteiger partial charge on any atom is 0.175 e. The quantitative estimate of drug-likeness (QED) is 0.405. The normalized spacial score (nSPS) is 11.8. The number of halogens is 1. The average molecular weight is 184 g/mol. The third-order valence-electron chi connectivity index (χ3n) is 1.83. The van der Waals surface area contributed by atoms with Gasteiger partial charge in [0, 0.05) is 5.56 Å². The van der Waals surface area contributed by atoms with Gasteiger partial charge >= 0.3 is 0 Å². The Balaban J connectivity index is 3.13. The zero-order valence-electron chi connectivity index (χ0n) is 7.00. The number of aryl methyl sites for hydroxylation is 2. The lowest BCUT2D eigenvalue weighted by Gasteiger charge is -2.01. The van der Waals surface area contributed by atoms with Crippen molar-refractivity contribution in [2.75, 3.05) is 0 Å². The Morgan fingerprint density at radius 3 is 2.50 bits per heavy atom. The van der Waals surface area contributed by atoms with Crippen molar-refractivity contribution >= 4 is 16.8 Å². The highest BCUT2D eigenvalue weighted by Crippen LogP contribution is 2.11. The van der Waals surface area contributed by atoms with E-state index < -0.39 is 0 Å². The molecule has 0 aliphatic carbocycles.